The Bertz CT molecular complexity index is 943. The van der Waals surface area contributed by atoms with Crippen molar-refractivity contribution in [2.45, 2.75) is 20.4 Å². The van der Waals surface area contributed by atoms with Crippen molar-refractivity contribution in [1.82, 2.24) is 4.57 Å². The minimum Gasteiger partial charge on any atom is -0.477 e. The number of aromatic carboxylic acids is 1. The van der Waals surface area contributed by atoms with Gasteiger partial charge in [0.05, 0.1) is 0 Å². The van der Waals surface area contributed by atoms with Crippen LogP contribution in [0.5, 0.6) is 0 Å². The van der Waals surface area contributed by atoms with Crippen molar-refractivity contribution in [2.24, 2.45) is 0 Å². The van der Waals surface area contributed by atoms with Crippen LogP contribution in [0.4, 0.5) is 5.69 Å². The van der Waals surface area contributed by atoms with E-state index >= 15 is 0 Å². The zero-order chi connectivity index (χ0) is 18.0. The average molecular weight is 336 g/mol. The van der Waals surface area contributed by atoms with E-state index in [1.54, 1.807) is 15.5 Å². The first-order valence-electron chi connectivity index (χ1n) is 8.20. The summed E-state index contributed by atoms with van der Waals surface area (Å²) in [7, 11) is 0. The van der Waals surface area contributed by atoms with Crippen LogP contribution in [0.15, 0.2) is 54.6 Å². The first-order chi connectivity index (χ1) is 12.0. The fourth-order valence-corrected chi connectivity index (χ4v) is 3.08. The van der Waals surface area contributed by atoms with Crippen LogP contribution in [0.25, 0.3) is 10.9 Å². The first-order valence-corrected chi connectivity index (χ1v) is 8.20. The van der Waals surface area contributed by atoms with E-state index in [2.05, 4.69) is 0 Å². The maximum Gasteiger partial charge on any atom is 0.352 e. The van der Waals surface area contributed by atoms with Crippen molar-refractivity contribution in [3.63, 3.8) is 0 Å². The number of carboxylic acids is 1. The summed E-state index contributed by atoms with van der Waals surface area (Å²) in [6.45, 7) is 4.39. The predicted molar refractivity (Wildman–Crippen MR) is 98.1 cm³/mol. The van der Waals surface area contributed by atoms with Crippen LogP contribution < -0.4 is 4.90 Å². The van der Waals surface area contributed by atoms with E-state index in [4.69, 9.17) is 0 Å². The van der Waals surface area contributed by atoms with Crippen LogP contribution in [0.3, 0.4) is 0 Å². The molecule has 1 aromatic heterocycles. The molecule has 0 saturated carbocycles. The second-order valence-electron chi connectivity index (χ2n) is 5.96. The van der Waals surface area contributed by atoms with E-state index in [1.807, 2.05) is 62.4 Å². The number of hydrogen-bond donors (Lipinski definition) is 1. The highest BCUT2D eigenvalue weighted by Gasteiger charge is 2.20. The van der Waals surface area contributed by atoms with Gasteiger partial charge in [-0.1, -0.05) is 30.3 Å². The monoisotopic (exact) mass is 336 g/mol. The van der Waals surface area contributed by atoms with Gasteiger partial charge in [0.25, 0.3) is 0 Å². The number of amides is 1. The predicted octanol–water partition coefficient (Wildman–Crippen LogP) is 3.70. The van der Waals surface area contributed by atoms with E-state index < -0.39 is 5.97 Å². The number of benzene rings is 2. The molecule has 0 spiro atoms. The standard InChI is InChI=1S/C20H20N2O3/c1-3-21(16-9-6-7-14(2)11-16)19(23)13-22-17-10-5-4-8-15(17)12-18(22)20(24)25/h4-12H,3,13H2,1-2H3,(H,24,25). The average Bonchev–Trinajstić information content (AvgIpc) is 2.95. The molecule has 25 heavy (non-hydrogen) atoms. The molecule has 5 nitrogen and oxygen atoms in total. The van der Waals surface area contributed by atoms with E-state index in [9.17, 15) is 14.7 Å². The van der Waals surface area contributed by atoms with Gasteiger partial charge in [-0.05, 0) is 43.7 Å². The van der Waals surface area contributed by atoms with Crippen LogP contribution >= 0.6 is 0 Å². The van der Waals surface area contributed by atoms with Gasteiger partial charge in [-0.15, -0.1) is 0 Å². The topological polar surface area (TPSA) is 62.5 Å². The third kappa shape index (κ3) is 3.26. The van der Waals surface area contributed by atoms with Crippen molar-refractivity contribution in [1.29, 1.82) is 0 Å². The van der Waals surface area contributed by atoms with Crippen molar-refractivity contribution in [3.05, 3.63) is 65.9 Å². The van der Waals surface area contributed by atoms with Crippen LogP contribution in [0, 0.1) is 6.92 Å². The van der Waals surface area contributed by atoms with E-state index in [0.717, 1.165) is 22.2 Å². The van der Waals surface area contributed by atoms with Gasteiger partial charge in [-0.3, -0.25) is 4.79 Å². The lowest BCUT2D eigenvalue weighted by Crippen LogP contribution is -2.34. The Labute approximate surface area is 146 Å². The number of likely N-dealkylation sites (N-methyl/N-ethyl adjacent to an activating group) is 1. The Morgan fingerprint density at radius 2 is 1.84 bits per heavy atom. The molecule has 0 unspecified atom stereocenters. The molecule has 128 valence electrons. The maximum absolute atomic E-state index is 12.9. The van der Waals surface area contributed by atoms with Crippen molar-refractivity contribution < 1.29 is 14.7 Å². The summed E-state index contributed by atoms with van der Waals surface area (Å²) < 4.78 is 1.57. The van der Waals surface area contributed by atoms with Gasteiger partial charge in [0.2, 0.25) is 5.91 Å². The minimum atomic E-state index is -1.04. The number of fused-ring (bicyclic) bond motifs is 1. The lowest BCUT2D eigenvalue weighted by molar-refractivity contribution is -0.119. The highest BCUT2D eigenvalue weighted by Crippen LogP contribution is 2.22. The summed E-state index contributed by atoms with van der Waals surface area (Å²) in [4.78, 5) is 26.1. The lowest BCUT2D eigenvalue weighted by atomic mass is 10.2. The summed E-state index contributed by atoms with van der Waals surface area (Å²) in [5, 5.41) is 10.3. The van der Waals surface area contributed by atoms with Gasteiger partial charge in [0.15, 0.2) is 0 Å². The molecular weight excluding hydrogens is 316 g/mol. The Hall–Kier alpha value is -3.08. The molecule has 1 amide bonds. The number of carbonyl (C=O) groups is 2. The molecule has 1 N–H and O–H groups in total. The summed E-state index contributed by atoms with van der Waals surface area (Å²) in [5.74, 6) is -1.18. The van der Waals surface area contributed by atoms with E-state index in [0.29, 0.717) is 6.54 Å². The number of aryl methyl sites for hydroxylation is 1. The summed E-state index contributed by atoms with van der Waals surface area (Å²) >= 11 is 0. The fraction of sp³-hybridized carbons (Fsp3) is 0.200. The Morgan fingerprint density at radius 3 is 2.52 bits per heavy atom. The van der Waals surface area contributed by atoms with Gasteiger partial charge in [-0.2, -0.15) is 0 Å². The highest BCUT2D eigenvalue weighted by molar-refractivity contribution is 5.98. The molecule has 0 saturated heterocycles. The molecule has 2 aromatic carbocycles. The number of aromatic nitrogens is 1. The highest BCUT2D eigenvalue weighted by atomic mass is 16.4. The van der Waals surface area contributed by atoms with E-state index in [-0.39, 0.29) is 18.1 Å². The third-order valence-electron chi connectivity index (χ3n) is 4.25. The number of hydrogen-bond acceptors (Lipinski definition) is 2. The molecule has 0 bridgehead atoms. The molecule has 0 aliphatic heterocycles. The molecule has 0 aliphatic rings. The Kier molecular flexibility index (Phi) is 4.57. The van der Waals surface area contributed by atoms with Gasteiger partial charge in [0, 0.05) is 23.1 Å². The van der Waals surface area contributed by atoms with Crippen LogP contribution in [-0.2, 0) is 11.3 Å². The van der Waals surface area contributed by atoms with E-state index in [1.165, 1.54) is 0 Å². The molecule has 3 rings (SSSR count). The third-order valence-corrected chi connectivity index (χ3v) is 4.25. The Balaban J connectivity index is 1.98. The lowest BCUT2D eigenvalue weighted by Gasteiger charge is -2.22. The SMILES string of the molecule is CCN(C(=O)Cn1c(C(=O)O)cc2ccccc21)c1cccc(C)c1. The summed E-state index contributed by atoms with van der Waals surface area (Å²) in [6, 6.07) is 16.7. The zero-order valence-corrected chi connectivity index (χ0v) is 14.3. The number of carbonyl (C=O) groups excluding carboxylic acids is 1. The van der Waals surface area contributed by atoms with Gasteiger partial charge < -0.3 is 14.6 Å². The smallest absolute Gasteiger partial charge is 0.352 e. The molecule has 5 heteroatoms. The van der Waals surface area contributed by atoms with Crippen molar-refractivity contribution >= 4 is 28.5 Å². The number of rotatable bonds is 5. The fourth-order valence-electron chi connectivity index (χ4n) is 3.08. The molecule has 1 heterocycles. The van der Waals surface area contributed by atoms with Gasteiger partial charge >= 0.3 is 5.97 Å². The second-order valence-corrected chi connectivity index (χ2v) is 5.96. The normalized spacial score (nSPS) is 10.8. The number of carboxylic acid groups (broad SMARTS) is 1. The molecule has 0 atom stereocenters. The quantitative estimate of drug-likeness (QED) is 0.773. The number of nitrogens with zero attached hydrogens (tertiary/aromatic N) is 2. The molecule has 0 fully saturated rings. The van der Waals surface area contributed by atoms with Crippen molar-refractivity contribution in [3.8, 4) is 0 Å². The van der Waals surface area contributed by atoms with Crippen LogP contribution in [0.1, 0.15) is 23.0 Å². The van der Waals surface area contributed by atoms with Gasteiger partial charge in [0.1, 0.15) is 12.2 Å². The largest absolute Gasteiger partial charge is 0.477 e. The zero-order valence-electron chi connectivity index (χ0n) is 14.3. The molecule has 0 radical (unpaired) electrons. The second kappa shape index (κ2) is 6.81. The summed E-state index contributed by atoms with van der Waals surface area (Å²) in [6.07, 6.45) is 0. The maximum atomic E-state index is 12.9. The molecular formula is C20H20N2O3. The Morgan fingerprint density at radius 1 is 1.08 bits per heavy atom. The minimum absolute atomic E-state index is 0.0169. The number of anilines is 1. The molecule has 3 aromatic rings. The van der Waals surface area contributed by atoms with Gasteiger partial charge in [-0.25, -0.2) is 4.79 Å². The summed E-state index contributed by atoms with van der Waals surface area (Å²) in [5.41, 5.74) is 2.76. The molecule has 0 aliphatic carbocycles. The first kappa shape index (κ1) is 16.8. The number of para-hydroxylation sites is 1. The van der Waals surface area contributed by atoms with Crippen LogP contribution in [0.2, 0.25) is 0 Å². The van der Waals surface area contributed by atoms with Crippen molar-refractivity contribution in [2.75, 3.05) is 11.4 Å². The van der Waals surface area contributed by atoms with Crippen LogP contribution in [-0.4, -0.2) is 28.1 Å².